The molecule has 0 bridgehead atoms. The van der Waals surface area contributed by atoms with Crippen LogP contribution in [0.5, 0.6) is 0 Å². The molecule has 1 aromatic carbocycles. The van der Waals surface area contributed by atoms with Gasteiger partial charge in [0.15, 0.2) is 0 Å². The van der Waals surface area contributed by atoms with E-state index in [0.29, 0.717) is 0 Å². The minimum absolute atomic E-state index is 0.810. The van der Waals surface area contributed by atoms with Crippen molar-refractivity contribution in [1.82, 2.24) is 0 Å². The Balaban J connectivity index is 2.83. The zero-order valence-corrected chi connectivity index (χ0v) is 9.68. The predicted octanol–water partition coefficient (Wildman–Crippen LogP) is 3.36. The molecule has 0 amide bonds. The highest BCUT2D eigenvalue weighted by Crippen LogP contribution is 2.15. The fraction of sp³-hybridized carbons (Fsp3) is 0.300. The molecule has 3 heteroatoms. The van der Waals surface area contributed by atoms with Crippen LogP contribution in [-0.4, -0.2) is 10.6 Å². The lowest BCUT2D eigenvalue weighted by molar-refractivity contribution is 1.38. The molecule has 0 saturated heterocycles. The van der Waals surface area contributed by atoms with E-state index in [2.05, 4.69) is 37.4 Å². The number of anilines is 1. The zero-order chi connectivity index (χ0) is 9.84. The molecule has 1 rings (SSSR count). The summed E-state index contributed by atoms with van der Waals surface area (Å²) in [5, 5.41) is 3.17. The molecule has 0 spiro atoms. The Hall–Kier alpha value is -0.540. The molecule has 0 aromatic heterocycles. The quantitative estimate of drug-likeness (QED) is 0.715. The van der Waals surface area contributed by atoms with Crippen molar-refractivity contribution in [2.75, 3.05) is 11.6 Å². The summed E-state index contributed by atoms with van der Waals surface area (Å²) in [6.45, 7) is 4.17. The average Bonchev–Trinajstić information content (AvgIpc) is 2.02. The summed E-state index contributed by atoms with van der Waals surface area (Å²) >= 11 is 6.63. The lowest BCUT2D eigenvalue weighted by Crippen LogP contribution is -2.03. The molecule has 0 unspecified atom stereocenters. The average molecular weight is 211 g/mol. The second-order valence-corrected chi connectivity index (χ2v) is 4.48. The van der Waals surface area contributed by atoms with Crippen molar-refractivity contribution in [1.29, 1.82) is 0 Å². The minimum Gasteiger partial charge on any atom is -0.341 e. The molecule has 0 aliphatic rings. The first-order valence-electron chi connectivity index (χ1n) is 4.05. The van der Waals surface area contributed by atoms with Gasteiger partial charge in [-0.1, -0.05) is 18.3 Å². The lowest BCUT2D eigenvalue weighted by atomic mass is 10.1. The maximum atomic E-state index is 5.08. The van der Waals surface area contributed by atoms with E-state index >= 15 is 0 Å². The maximum Gasteiger partial charge on any atom is 0.137 e. The van der Waals surface area contributed by atoms with Crippen LogP contribution in [0.4, 0.5) is 5.69 Å². The van der Waals surface area contributed by atoms with E-state index in [1.54, 1.807) is 11.8 Å². The maximum absolute atomic E-state index is 5.08. The summed E-state index contributed by atoms with van der Waals surface area (Å²) < 4.78 is 0.810. The van der Waals surface area contributed by atoms with Crippen molar-refractivity contribution in [2.45, 2.75) is 13.8 Å². The molecule has 70 valence electrons. The van der Waals surface area contributed by atoms with Crippen LogP contribution in [0.3, 0.4) is 0 Å². The van der Waals surface area contributed by atoms with Gasteiger partial charge in [-0.3, -0.25) is 0 Å². The Morgan fingerprint density at radius 2 is 1.77 bits per heavy atom. The summed E-state index contributed by atoms with van der Waals surface area (Å²) in [7, 11) is 0. The molecule has 1 aromatic rings. The Morgan fingerprint density at radius 1 is 1.23 bits per heavy atom. The summed E-state index contributed by atoms with van der Waals surface area (Å²) in [5.41, 5.74) is 3.59. The van der Waals surface area contributed by atoms with Crippen LogP contribution in [0.25, 0.3) is 0 Å². The number of thioether (sulfide) groups is 1. The van der Waals surface area contributed by atoms with Crippen molar-refractivity contribution < 1.29 is 0 Å². The summed E-state index contributed by atoms with van der Waals surface area (Å²) in [5.74, 6) is 0. The van der Waals surface area contributed by atoms with Gasteiger partial charge in [-0.25, -0.2) is 0 Å². The second kappa shape index (κ2) is 4.63. The van der Waals surface area contributed by atoms with Crippen molar-refractivity contribution >= 4 is 34.0 Å². The molecule has 0 heterocycles. The molecule has 0 fully saturated rings. The van der Waals surface area contributed by atoms with Gasteiger partial charge in [-0.15, -0.1) is 11.8 Å². The van der Waals surface area contributed by atoms with Gasteiger partial charge in [0.25, 0.3) is 0 Å². The molecule has 1 N–H and O–H groups in total. The summed E-state index contributed by atoms with van der Waals surface area (Å²) in [6, 6.07) is 6.33. The van der Waals surface area contributed by atoms with Crippen LogP contribution < -0.4 is 5.32 Å². The van der Waals surface area contributed by atoms with E-state index in [-0.39, 0.29) is 0 Å². The Labute approximate surface area is 88.9 Å². The number of nitrogens with one attached hydrogen (secondary N) is 1. The molecule has 0 aliphatic carbocycles. The number of benzene rings is 1. The molecule has 0 aliphatic heterocycles. The number of aryl methyl sites for hydroxylation is 2. The fourth-order valence-corrected chi connectivity index (χ4v) is 1.55. The minimum atomic E-state index is 0.810. The van der Waals surface area contributed by atoms with Crippen LogP contribution in [0.2, 0.25) is 0 Å². The second-order valence-electron chi connectivity index (χ2n) is 2.99. The van der Waals surface area contributed by atoms with Gasteiger partial charge in [0, 0.05) is 5.69 Å². The number of hydrogen-bond donors (Lipinski definition) is 1. The standard InChI is InChI=1S/C10H13NS2/c1-7-4-8(2)6-9(5-7)11-10(12)13-3/h4-6H,1-3H3,(H,11,12). The third-order valence-electron chi connectivity index (χ3n) is 1.65. The van der Waals surface area contributed by atoms with E-state index in [0.717, 1.165) is 10.0 Å². The van der Waals surface area contributed by atoms with Gasteiger partial charge in [0.1, 0.15) is 4.32 Å². The van der Waals surface area contributed by atoms with Crippen LogP contribution >= 0.6 is 24.0 Å². The van der Waals surface area contributed by atoms with E-state index in [1.807, 2.05) is 6.26 Å². The fourth-order valence-electron chi connectivity index (χ4n) is 1.22. The molecule has 13 heavy (non-hydrogen) atoms. The van der Waals surface area contributed by atoms with E-state index in [4.69, 9.17) is 12.2 Å². The highest BCUT2D eigenvalue weighted by molar-refractivity contribution is 8.22. The van der Waals surface area contributed by atoms with Crippen molar-refractivity contribution in [3.05, 3.63) is 29.3 Å². The highest BCUT2D eigenvalue weighted by atomic mass is 32.2. The topological polar surface area (TPSA) is 12.0 Å². The third-order valence-corrected chi connectivity index (χ3v) is 2.73. The van der Waals surface area contributed by atoms with Gasteiger partial charge in [0.2, 0.25) is 0 Å². The van der Waals surface area contributed by atoms with E-state index in [1.165, 1.54) is 11.1 Å². The lowest BCUT2D eigenvalue weighted by Gasteiger charge is -2.07. The highest BCUT2D eigenvalue weighted by Gasteiger charge is 1.97. The SMILES string of the molecule is CSC(=S)Nc1cc(C)cc(C)c1. The van der Waals surface area contributed by atoms with Crippen molar-refractivity contribution in [3.63, 3.8) is 0 Å². The zero-order valence-electron chi connectivity index (χ0n) is 8.05. The molecular formula is C10H13NS2. The largest absolute Gasteiger partial charge is 0.341 e. The Bertz CT molecular complexity index is 300. The summed E-state index contributed by atoms with van der Waals surface area (Å²) in [6.07, 6.45) is 1.97. The van der Waals surface area contributed by atoms with Crippen molar-refractivity contribution in [2.24, 2.45) is 0 Å². The van der Waals surface area contributed by atoms with E-state index in [9.17, 15) is 0 Å². The first kappa shape index (κ1) is 10.5. The van der Waals surface area contributed by atoms with Gasteiger partial charge < -0.3 is 5.32 Å². The smallest absolute Gasteiger partial charge is 0.137 e. The van der Waals surface area contributed by atoms with Gasteiger partial charge in [0.05, 0.1) is 0 Å². The van der Waals surface area contributed by atoms with Gasteiger partial charge in [-0.05, 0) is 43.4 Å². The van der Waals surface area contributed by atoms with Gasteiger partial charge in [-0.2, -0.15) is 0 Å². The number of rotatable bonds is 1. The normalized spacial score (nSPS) is 9.77. The monoisotopic (exact) mass is 211 g/mol. The van der Waals surface area contributed by atoms with Crippen LogP contribution in [0, 0.1) is 13.8 Å². The predicted molar refractivity (Wildman–Crippen MR) is 65.7 cm³/mol. The third kappa shape index (κ3) is 3.36. The first-order valence-corrected chi connectivity index (χ1v) is 5.68. The van der Waals surface area contributed by atoms with Gasteiger partial charge >= 0.3 is 0 Å². The molecule has 0 saturated carbocycles. The van der Waals surface area contributed by atoms with Crippen LogP contribution in [0.15, 0.2) is 18.2 Å². The molecular weight excluding hydrogens is 198 g/mol. The van der Waals surface area contributed by atoms with Crippen LogP contribution in [-0.2, 0) is 0 Å². The van der Waals surface area contributed by atoms with E-state index < -0.39 is 0 Å². The van der Waals surface area contributed by atoms with Crippen molar-refractivity contribution in [3.8, 4) is 0 Å². The molecule has 0 atom stereocenters. The first-order chi connectivity index (χ1) is 6.11. The molecule has 0 radical (unpaired) electrons. The Kier molecular flexibility index (Phi) is 3.75. The van der Waals surface area contributed by atoms with Crippen LogP contribution in [0.1, 0.15) is 11.1 Å². The molecule has 1 nitrogen and oxygen atoms in total. The Morgan fingerprint density at radius 3 is 2.23 bits per heavy atom. The number of hydrogen-bond acceptors (Lipinski definition) is 2. The number of thiocarbonyl (C=S) groups is 1. The summed E-state index contributed by atoms with van der Waals surface area (Å²) in [4.78, 5) is 0.